The number of nitrogens with one attached hydrogen (secondary N) is 3. The molecule has 3 nitrogen and oxygen atoms in total. The number of hydrogen-bond donors (Lipinski definition) is 3. The van der Waals surface area contributed by atoms with E-state index in [-0.39, 0.29) is 6.17 Å². The van der Waals surface area contributed by atoms with Crippen molar-refractivity contribution in [2.45, 2.75) is 33.5 Å². The minimum absolute atomic E-state index is 0.0851. The summed E-state index contributed by atoms with van der Waals surface area (Å²) < 4.78 is 0. The molecule has 3 rings (SSSR count). The van der Waals surface area contributed by atoms with Gasteiger partial charge in [-0.15, -0.1) is 0 Å². The van der Waals surface area contributed by atoms with Gasteiger partial charge in [-0.05, 0) is 48.2 Å². The molecule has 2 aromatic carbocycles. The lowest BCUT2D eigenvalue weighted by molar-refractivity contribution is 0.509. The molecule has 0 bridgehead atoms. The van der Waals surface area contributed by atoms with Gasteiger partial charge >= 0.3 is 0 Å². The molecule has 0 amide bonds. The molecule has 0 aliphatic carbocycles. The fourth-order valence-electron chi connectivity index (χ4n) is 3.10. The Morgan fingerprint density at radius 2 is 1.96 bits per heavy atom. The lowest BCUT2D eigenvalue weighted by atomic mass is 10.0. The number of hydrogen-bond acceptors (Lipinski definition) is 3. The molecule has 3 N–H and O–H groups in total. The molecule has 0 radical (unpaired) electrons. The number of aryl methyl sites for hydroxylation is 1. The average Bonchev–Trinajstić information content (AvgIpc) is 2.67. The maximum atomic E-state index is 6.53. The van der Waals surface area contributed by atoms with Crippen LogP contribution in [-0.4, -0.2) is 6.54 Å². The lowest BCUT2D eigenvalue weighted by Crippen LogP contribution is -2.37. The average molecular weight is 416 g/mol. The van der Waals surface area contributed by atoms with Crippen molar-refractivity contribution in [3.8, 4) is 0 Å². The highest BCUT2D eigenvalue weighted by Gasteiger charge is 2.20. The molecule has 0 aromatic heterocycles. The van der Waals surface area contributed by atoms with E-state index in [0.29, 0.717) is 5.92 Å². The molecule has 1 heterocycles. The smallest absolute Gasteiger partial charge is 0.105 e. The molecule has 148 valence electrons. The van der Waals surface area contributed by atoms with E-state index in [9.17, 15) is 0 Å². The molecule has 1 atom stereocenters. The minimum atomic E-state index is -0.0851. The Bertz CT molecular complexity index is 903. The summed E-state index contributed by atoms with van der Waals surface area (Å²) >= 11 is 13.0. The quantitative estimate of drug-likeness (QED) is 0.558. The molecule has 5 heteroatoms. The Labute approximate surface area is 177 Å². The highest BCUT2D eigenvalue weighted by Crippen LogP contribution is 2.30. The normalized spacial score (nSPS) is 16.5. The first-order valence-corrected chi connectivity index (χ1v) is 10.3. The third-order valence-electron chi connectivity index (χ3n) is 4.93. The fraction of sp³-hybridized carbons (Fsp3) is 0.304. The largest absolute Gasteiger partial charge is 0.385 e. The Morgan fingerprint density at radius 1 is 1.18 bits per heavy atom. The number of allylic oxidation sites excluding steroid dienone is 1. The lowest BCUT2D eigenvalue weighted by Gasteiger charge is -2.29. The van der Waals surface area contributed by atoms with Gasteiger partial charge in [-0.1, -0.05) is 61.8 Å². The van der Waals surface area contributed by atoms with Crippen LogP contribution in [0.1, 0.15) is 42.3 Å². The molecule has 1 aliphatic rings. The van der Waals surface area contributed by atoms with E-state index in [1.54, 1.807) is 0 Å². The van der Waals surface area contributed by atoms with Crippen LogP contribution in [0.3, 0.4) is 0 Å². The molecule has 1 unspecified atom stereocenters. The standard InChI is InChI=1S/C23H27Cl2N3/c1-14(2)16(4)27-13-17-6-8-20(24)19(12-17)23-26-10-9-22(28-23)18-7-5-15(3)11-21(18)25/h5-9,11-12,14,23,26-28H,4,10,13H2,1-3H3. The van der Waals surface area contributed by atoms with Crippen molar-refractivity contribution in [3.63, 3.8) is 0 Å². The van der Waals surface area contributed by atoms with Gasteiger partial charge in [0.25, 0.3) is 0 Å². The summed E-state index contributed by atoms with van der Waals surface area (Å²) in [5.74, 6) is 0.403. The summed E-state index contributed by atoms with van der Waals surface area (Å²) in [7, 11) is 0. The van der Waals surface area contributed by atoms with E-state index in [1.165, 1.54) is 0 Å². The number of halogens is 2. The Hall–Kier alpha value is -1.94. The second-order valence-corrected chi connectivity index (χ2v) is 8.29. The molecule has 28 heavy (non-hydrogen) atoms. The molecule has 2 aromatic rings. The zero-order valence-electron chi connectivity index (χ0n) is 16.6. The fourth-order valence-corrected chi connectivity index (χ4v) is 3.67. The molecule has 0 spiro atoms. The van der Waals surface area contributed by atoms with Crippen LogP contribution >= 0.6 is 23.2 Å². The van der Waals surface area contributed by atoms with E-state index in [1.807, 2.05) is 25.1 Å². The van der Waals surface area contributed by atoms with Crippen molar-refractivity contribution < 1.29 is 0 Å². The van der Waals surface area contributed by atoms with E-state index >= 15 is 0 Å². The van der Waals surface area contributed by atoms with Gasteiger partial charge in [0.15, 0.2) is 0 Å². The third kappa shape index (κ3) is 4.91. The second kappa shape index (κ2) is 9.04. The van der Waals surface area contributed by atoms with Crippen molar-refractivity contribution in [1.29, 1.82) is 0 Å². The van der Waals surface area contributed by atoms with Gasteiger partial charge in [0, 0.05) is 40.6 Å². The number of rotatable bonds is 6. The molecule has 0 saturated carbocycles. The molecular weight excluding hydrogens is 389 g/mol. The van der Waals surface area contributed by atoms with Crippen molar-refractivity contribution in [3.05, 3.63) is 87.0 Å². The summed E-state index contributed by atoms with van der Waals surface area (Å²) in [5.41, 5.74) is 6.37. The van der Waals surface area contributed by atoms with Crippen LogP contribution in [0.5, 0.6) is 0 Å². The first-order valence-electron chi connectivity index (χ1n) is 9.52. The Morgan fingerprint density at radius 3 is 2.68 bits per heavy atom. The monoisotopic (exact) mass is 415 g/mol. The van der Waals surface area contributed by atoms with Gasteiger partial charge in [0.1, 0.15) is 6.17 Å². The van der Waals surface area contributed by atoms with Gasteiger partial charge in [-0.3, -0.25) is 5.32 Å². The SMILES string of the molecule is C=C(NCc1ccc(Cl)c(C2NCC=C(c3ccc(C)cc3Cl)N2)c1)C(C)C. The summed E-state index contributed by atoms with van der Waals surface area (Å²) in [4.78, 5) is 0. The predicted octanol–water partition coefficient (Wildman–Crippen LogP) is 5.79. The Kier molecular flexibility index (Phi) is 6.71. The van der Waals surface area contributed by atoms with Crippen LogP contribution in [0.15, 0.2) is 54.8 Å². The Balaban J connectivity index is 1.79. The van der Waals surface area contributed by atoms with Crippen molar-refractivity contribution in [2.24, 2.45) is 5.92 Å². The van der Waals surface area contributed by atoms with Crippen LogP contribution in [0.4, 0.5) is 0 Å². The van der Waals surface area contributed by atoms with E-state index < -0.39 is 0 Å². The summed E-state index contributed by atoms with van der Waals surface area (Å²) in [5, 5.41) is 11.9. The van der Waals surface area contributed by atoms with Crippen LogP contribution < -0.4 is 16.0 Å². The zero-order valence-corrected chi connectivity index (χ0v) is 18.1. The number of benzene rings is 2. The first-order chi connectivity index (χ1) is 13.3. The summed E-state index contributed by atoms with van der Waals surface area (Å²) in [6.45, 7) is 11.8. The van der Waals surface area contributed by atoms with Crippen molar-refractivity contribution >= 4 is 28.9 Å². The van der Waals surface area contributed by atoms with Crippen LogP contribution in [0.2, 0.25) is 10.0 Å². The molecule has 1 aliphatic heterocycles. The third-order valence-corrected chi connectivity index (χ3v) is 5.59. The summed E-state index contributed by atoms with van der Waals surface area (Å²) in [6, 6.07) is 12.2. The maximum Gasteiger partial charge on any atom is 0.105 e. The molecule has 0 fully saturated rings. The minimum Gasteiger partial charge on any atom is -0.385 e. The van der Waals surface area contributed by atoms with E-state index in [4.69, 9.17) is 23.2 Å². The molecular formula is C23H27Cl2N3. The van der Waals surface area contributed by atoms with Crippen molar-refractivity contribution in [1.82, 2.24) is 16.0 Å². The van der Waals surface area contributed by atoms with Crippen LogP contribution in [0, 0.1) is 12.8 Å². The van der Waals surface area contributed by atoms with Gasteiger partial charge < -0.3 is 10.6 Å². The highest BCUT2D eigenvalue weighted by atomic mass is 35.5. The van der Waals surface area contributed by atoms with Crippen LogP contribution in [-0.2, 0) is 6.54 Å². The van der Waals surface area contributed by atoms with Gasteiger partial charge in [-0.25, -0.2) is 0 Å². The van der Waals surface area contributed by atoms with Gasteiger partial charge in [0.2, 0.25) is 0 Å². The van der Waals surface area contributed by atoms with E-state index in [0.717, 1.165) is 56.8 Å². The highest BCUT2D eigenvalue weighted by molar-refractivity contribution is 6.32. The maximum absolute atomic E-state index is 6.53. The van der Waals surface area contributed by atoms with E-state index in [2.05, 4.69) is 60.7 Å². The van der Waals surface area contributed by atoms with Crippen molar-refractivity contribution in [2.75, 3.05) is 6.54 Å². The van der Waals surface area contributed by atoms with Crippen LogP contribution in [0.25, 0.3) is 5.70 Å². The summed E-state index contributed by atoms with van der Waals surface area (Å²) in [6.07, 6.45) is 2.03. The topological polar surface area (TPSA) is 36.1 Å². The first kappa shape index (κ1) is 20.8. The zero-order chi connectivity index (χ0) is 20.3. The van der Waals surface area contributed by atoms with Gasteiger partial charge in [0.05, 0.1) is 5.02 Å². The molecule has 0 saturated heterocycles. The second-order valence-electron chi connectivity index (χ2n) is 7.48. The predicted molar refractivity (Wildman–Crippen MR) is 120 cm³/mol. The van der Waals surface area contributed by atoms with Gasteiger partial charge in [-0.2, -0.15) is 0 Å².